The second-order valence-electron chi connectivity index (χ2n) is 3.90. The lowest BCUT2D eigenvalue weighted by atomic mass is 9.98. The molecule has 0 radical (unpaired) electrons. The quantitative estimate of drug-likeness (QED) is 0.699. The first-order chi connectivity index (χ1) is 6.74. The number of hydrogen-bond donors (Lipinski definition) is 1. The first-order valence-corrected chi connectivity index (χ1v) is 5.17. The van der Waals surface area contributed by atoms with Crippen molar-refractivity contribution in [3.63, 3.8) is 0 Å². The average molecular weight is 200 g/mol. The minimum absolute atomic E-state index is 0.0750. The molecule has 1 saturated heterocycles. The summed E-state index contributed by atoms with van der Waals surface area (Å²) in [5, 5.41) is 3.31. The lowest BCUT2D eigenvalue weighted by Crippen LogP contribution is -2.38. The molecule has 1 fully saturated rings. The number of likely N-dealkylation sites (N-methyl/N-ethyl adjacent to an activating group) is 1. The summed E-state index contributed by atoms with van der Waals surface area (Å²) in [7, 11) is 3.40. The zero-order chi connectivity index (χ0) is 10.4. The van der Waals surface area contributed by atoms with Crippen LogP contribution in [0.3, 0.4) is 0 Å². The molecule has 0 bridgehead atoms. The number of ether oxygens (including phenoxy) is 1. The lowest BCUT2D eigenvalue weighted by molar-refractivity contribution is -0.134. The van der Waals surface area contributed by atoms with E-state index in [-0.39, 0.29) is 12.5 Å². The third-order valence-electron chi connectivity index (χ3n) is 2.68. The highest BCUT2D eigenvalue weighted by molar-refractivity contribution is 5.77. The Morgan fingerprint density at radius 1 is 1.50 bits per heavy atom. The molecule has 0 aliphatic carbocycles. The number of rotatable bonds is 4. The predicted molar refractivity (Wildman–Crippen MR) is 55.1 cm³/mol. The van der Waals surface area contributed by atoms with E-state index in [0.717, 1.165) is 19.6 Å². The molecule has 1 aliphatic heterocycles. The van der Waals surface area contributed by atoms with Gasteiger partial charge in [-0.25, -0.2) is 0 Å². The van der Waals surface area contributed by atoms with Gasteiger partial charge in [0.1, 0.15) is 6.61 Å². The summed E-state index contributed by atoms with van der Waals surface area (Å²) in [5.41, 5.74) is 0. The first-order valence-electron chi connectivity index (χ1n) is 5.17. The zero-order valence-electron chi connectivity index (χ0n) is 9.08. The van der Waals surface area contributed by atoms with Crippen LogP contribution in [0.15, 0.2) is 0 Å². The van der Waals surface area contributed by atoms with Crippen LogP contribution in [0.2, 0.25) is 0 Å². The zero-order valence-corrected chi connectivity index (χ0v) is 9.08. The third-order valence-corrected chi connectivity index (χ3v) is 2.68. The molecule has 4 nitrogen and oxygen atoms in total. The molecule has 1 rings (SSSR count). The predicted octanol–water partition coefficient (Wildman–Crippen LogP) is 0.0908. The van der Waals surface area contributed by atoms with Crippen molar-refractivity contribution in [2.24, 2.45) is 5.92 Å². The van der Waals surface area contributed by atoms with Crippen LogP contribution < -0.4 is 5.32 Å². The molecule has 1 amide bonds. The molecule has 1 heterocycles. The van der Waals surface area contributed by atoms with Gasteiger partial charge in [-0.2, -0.15) is 0 Å². The largest absolute Gasteiger partial charge is 0.375 e. The van der Waals surface area contributed by atoms with Crippen molar-refractivity contribution in [1.82, 2.24) is 10.2 Å². The molecule has 0 aromatic rings. The first kappa shape index (κ1) is 11.5. The second kappa shape index (κ2) is 5.98. The van der Waals surface area contributed by atoms with E-state index >= 15 is 0 Å². The lowest BCUT2D eigenvalue weighted by Gasteiger charge is -2.27. The van der Waals surface area contributed by atoms with Crippen molar-refractivity contribution in [2.45, 2.75) is 12.8 Å². The van der Waals surface area contributed by atoms with Gasteiger partial charge in [0.2, 0.25) is 5.91 Å². The Balaban J connectivity index is 2.24. The molecule has 82 valence electrons. The van der Waals surface area contributed by atoms with Crippen molar-refractivity contribution >= 4 is 5.91 Å². The van der Waals surface area contributed by atoms with Gasteiger partial charge >= 0.3 is 0 Å². The highest BCUT2D eigenvalue weighted by Gasteiger charge is 2.17. The van der Waals surface area contributed by atoms with Crippen molar-refractivity contribution in [2.75, 3.05) is 40.4 Å². The smallest absolute Gasteiger partial charge is 0.248 e. The van der Waals surface area contributed by atoms with Gasteiger partial charge in [-0.05, 0) is 31.8 Å². The van der Waals surface area contributed by atoms with Crippen molar-refractivity contribution in [1.29, 1.82) is 0 Å². The summed E-state index contributed by atoms with van der Waals surface area (Å²) in [6.07, 6.45) is 2.34. The van der Waals surface area contributed by atoms with Gasteiger partial charge in [0, 0.05) is 20.7 Å². The highest BCUT2D eigenvalue weighted by Crippen LogP contribution is 2.12. The Hall–Kier alpha value is -0.610. The van der Waals surface area contributed by atoms with Crippen LogP contribution in [0, 0.1) is 5.92 Å². The van der Waals surface area contributed by atoms with E-state index in [2.05, 4.69) is 5.32 Å². The second-order valence-corrected chi connectivity index (χ2v) is 3.90. The molecule has 4 heteroatoms. The topological polar surface area (TPSA) is 41.6 Å². The monoisotopic (exact) mass is 200 g/mol. The Morgan fingerprint density at radius 3 is 2.71 bits per heavy atom. The maximum atomic E-state index is 11.4. The minimum Gasteiger partial charge on any atom is -0.375 e. The van der Waals surface area contributed by atoms with Gasteiger partial charge in [0.05, 0.1) is 0 Å². The van der Waals surface area contributed by atoms with Crippen molar-refractivity contribution < 1.29 is 9.53 Å². The summed E-state index contributed by atoms with van der Waals surface area (Å²) in [4.78, 5) is 13.2. The Morgan fingerprint density at radius 2 is 2.14 bits per heavy atom. The number of carbonyl (C=O) groups excluding carboxylic acids is 1. The number of methoxy groups -OCH3 is 1. The Labute approximate surface area is 85.6 Å². The molecule has 1 aliphatic rings. The van der Waals surface area contributed by atoms with Crippen LogP contribution in [0.1, 0.15) is 12.8 Å². The van der Waals surface area contributed by atoms with E-state index in [1.165, 1.54) is 12.8 Å². The highest BCUT2D eigenvalue weighted by atomic mass is 16.5. The van der Waals surface area contributed by atoms with E-state index < -0.39 is 0 Å². The average Bonchev–Trinajstić information content (AvgIpc) is 2.19. The van der Waals surface area contributed by atoms with E-state index in [1.54, 1.807) is 12.0 Å². The number of hydrogen-bond acceptors (Lipinski definition) is 3. The van der Waals surface area contributed by atoms with Crippen LogP contribution >= 0.6 is 0 Å². The third kappa shape index (κ3) is 3.64. The fraction of sp³-hybridized carbons (Fsp3) is 0.900. The van der Waals surface area contributed by atoms with Gasteiger partial charge < -0.3 is 15.0 Å². The summed E-state index contributed by atoms with van der Waals surface area (Å²) < 4.78 is 4.81. The van der Waals surface area contributed by atoms with E-state index in [0.29, 0.717) is 5.92 Å². The van der Waals surface area contributed by atoms with Gasteiger partial charge in [0.25, 0.3) is 0 Å². The molecule has 0 unspecified atom stereocenters. The molecule has 0 aromatic heterocycles. The Bertz CT molecular complexity index is 179. The minimum atomic E-state index is 0.0750. The van der Waals surface area contributed by atoms with Gasteiger partial charge in [-0.1, -0.05) is 0 Å². The number of nitrogens with zero attached hydrogens (tertiary/aromatic N) is 1. The standard InChI is InChI=1S/C10H20N2O2/c1-12(10(13)8-14-2)7-9-3-5-11-6-4-9/h9,11H,3-8H2,1-2H3. The van der Waals surface area contributed by atoms with Crippen LogP contribution in [0.5, 0.6) is 0 Å². The number of piperidine rings is 1. The van der Waals surface area contributed by atoms with E-state index in [1.807, 2.05) is 7.05 Å². The van der Waals surface area contributed by atoms with E-state index in [4.69, 9.17) is 4.74 Å². The molecular weight excluding hydrogens is 180 g/mol. The SMILES string of the molecule is COCC(=O)N(C)CC1CCNCC1. The Kier molecular flexibility index (Phi) is 4.90. The summed E-state index contributed by atoms with van der Waals surface area (Å²) >= 11 is 0. The maximum Gasteiger partial charge on any atom is 0.248 e. The van der Waals surface area contributed by atoms with Crippen molar-refractivity contribution in [3.8, 4) is 0 Å². The number of amides is 1. The van der Waals surface area contributed by atoms with Gasteiger partial charge in [-0.3, -0.25) is 4.79 Å². The molecule has 0 aromatic carbocycles. The van der Waals surface area contributed by atoms with Crippen LogP contribution in [-0.2, 0) is 9.53 Å². The van der Waals surface area contributed by atoms with Gasteiger partial charge in [0.15, 0.2) is 0 Å². The summed E-state index contributed by atoms with van der Waals surface area (Å²) in [6, 6.07) is 0. The van der Waals surface area contributed by atoms with Crippen molar-refractivity contribution in [3.05, 3.63) is 0 Å². The number of carbonyl (C=O) groups is 1. The molecular formula is C10H20N2O2. The van der Waals surface area contributed by atoms with Crippen LogP contribution in [-0.4, -0.2) is 51.2 Å². The fourth-order valence-electron chi connectivity index (χ4n) is 1.79. The summed E-state index contributed by atoms with van der Waals surface area (Å²) in [5.74, 6) is 0.730. The van der Waals surface area contributed by atoms with Crippen LogP contribution in [0.25, 0.3) is 0 Å². The molecule has 0 atom stereocenters. The van der Waals surface area contributed by atoms with E-state index in [9.17, 15) is 4.79 Å². The summed E-state index contributed by atoms with van der Waals surface area (Å²) in [6.45, 7) is 3.22. The van der Waals surface area contributed by atoms with Gasteiger partial charge in [-0.15, -0.1) is 0 Å². The fourth-order valence-corrected chi connectivity index (χ4v) is 1.79. The molecule has 0 saturated carbocycles. The molecule has 14 heavy (non-hydrogen) atoms. The molecule has 0 spiro atoms. The normalized spacial score (nSPS) is 18.1. The maximum absolute atomic E-state index is 11.4. The van der Waals surface area contributed by atoms with Crippen LogP contribution in [0.4, 0.5) is 0 Å². The number of nitrogens with one attached hydrogen (secondary N) is 1. The molecule has 1 N–H and O–H groups in total.